The Morgan fingerprint density at radius 2 is 1.89 bits per heavy atom. The molecule has 0 fully saturated rings. The minimum atomic E-state index is -0.632. The normalized spacial score (nSPS) is 11.4. The van der Waals surface area contributed by atoms with Gasteiger partial charge in [-0.05, 0) is 24.3 Å². The van der Waals surface area contributed by atoms with E-state index < -0.39 is 5.63 Å². The molecule has 0 aliphatic rings. The van der Waals surface area contributed by atoms with Gasteiger partial charge in [0, 0.05) is 5.39 Å². The first-order valence-corrected chi connectivity index (χ1v) is 9.84. The fourth-order valence-electron chi connectivity index (χ4n) is 2.95. The van der Waals surface area contributed by atoms with Crippen LogP contribution in [0.1, 0.15) is 10.4 Å². The van der Waals surface area contributed by atoms with Gasteiger partial charge in [-0.3, -0.25) is 9.69 Å². The molecule has 0 spiro atoms. The maximum absolute atomic E-state index is 13.3. The van der Waals surface area contributed by atoms with Crippen molar-refractivity contribution in [1.29, 1.82) is 0 Å². The number of hydrogen-bond acceptors (Lipinski definition) is 5. The summed E-state index contributed by atoms with van der Waals surface area (Å²) in [7, 11) is 4.04. The molecule has 1 N–H and O–H groups in total. The van der Waals surface area contributed by atoms with Crippen LogP contribution in [0.15, 0.2) is 63.8 Å². The van der Waals surface area contributed by atoms with Crippen molar-refractivity contribution >= 4 is 43.6 Å². The zero-order chi connectivity index (χ0) is 19.7. The van der Waals surface area contributed by atoms with Crippen LogP contribution in [0.25, 0.3) is 21.2 Å². The predicted octanol–water partition coefficient (Wildman–Crippen LogP) is 2.19. The van der Waals surface area contributed by atoms with Gasteiger partial charge >= 0.3 is 5.63 Å². The van der Waals surface area contributed by atoms with Gasteiger partial charge in [0.2, 0.25) is 0 Å². The van der Waals surface area contributed by atoms with Crippen LogP contribution in [0.2, 0.25) is 0 Å². The summed E-state index contributed by atoms with van der Waals surface area (Å²) in [6, 6.07) is 16.5. The van der Waals surface area contributed by atoms with Gasteiger partial charge in [0.25, 0.3) is 5.91 Å². The highest BCUT2D eigenvalue weighted by atomic mass is 32.1. The Morgan fingerprint density at radius 3 is 2.68 bits per heavy atom. The number of quaternary nitrogens is 1. The monoisotopic (exact) mass is 394 g/mol. The Morgan fingerprint density at radius 1 is 1.14 bits per heavy atom. The van der Waals surface area contributed by atoms with Crippen molar-refractivity contribution in [2.45, 2.75) is 0 Å². The molecule has 0 unspecified atom stereocenters. The first kappa shape index (κ1) is 18.3. The topological polar surface area (TPSA) is 67.8 Å². The largest absolute Gasteiger partial charge is 0.422 e. The van der Waals surface area contributed by atoms with Crippen molar-refractivity contribution in [3.63, 3.8) is 0 Å². The number of carbonyl (C=O) groups is 1. The van der Waals surface area contributed by atoms with Gasteiger partial charge in [-0.1, -0.05) is 41.7 Å². The quantitative estimate of drug-likeness (QED) is 0.527. The lowest BCUT2D eigenvalue weighted by Crippen LogP contribution is -3.06. The van der Waals surface area contributed by atoms with Crippen LogP contribution < -0.4 is 15.4 Å². The number of amides is 1. The molecule has 28 heavy (non-hydrogen) atoms. The summed E-state index contributed by atoms with van der Waals surface area (Å²) in [5.41, 5.74) is 0.690. The number of anilines is 1. The van der Waals surface area contributed by atoms with Crippen LogP contribution in [-0.4, -0.2) is 38.1 Å². The molecule has 1 amide bonds. The molecule has 0 radical (unpaired) electrons. The molecular formula is C21H20N3O3S+. The van der Waals surface area contributed by atoms with E-state index in [1.807, 2.05) is 50.5 Å². The number of carbonyl (C=O) groups excluding carboxylic acids is 1. The van der Waals surface area contributed by atoms with Crippen molar-refractivity contribution in [3.8, 4) is 0 Å². The Hall–Kier alpha value is -3.03. The van der Waals surface area contributed by atoms with Crippen LogP contribution in [0.4, 0.5) is 5.13 Å². The molecule has 142 valence electrons. The van der Waals surface area contributed by atoms with E-state index >= 15 is 0 Å². The standard InChI is InChI=1S/C21H19N3O3S/c1-23(2)11-12-24(21-22-16-8-4-6-10-18(16)28-21)19(25)15-13-14-7-3-5-9-17(14)27-20(15)26/h3-10,13H,11-12H2,1-2H3/p+1. The van der Waals surface area contributed by atoms with E-state index in [0.29, 0.717) is 22.6 Å². The molecule has 0 aliphatic carbocycles. The van der Waals surface area contributed by atoms with Gasteiger partial charge in [0.1, 0.15) is 11.1 Å². The summed E-state index contributed by atoms with van der Waals surface area (Å²) in [6.07, 6.45) is 0. The van der Waals surface area contributed by atoms with E-state index in [-0.39, 0.29) is 11.5 Å². The van der Waals surface area contributed by atoms with E-state index in [1.165, 1.54) is 16.2 Å². The third-order valence-corrected chi connectivity index (χ3v) is 5.53. The molecule has 0 aliphatic heterocycles. The number of likely N-dealkylation sites (N-methyl/N-ethyl adjacent to an activating group) is 1. The van der Waals surface area contributed by atoms with Crippen LogP contribution >= 0.6 is 11.3 Å². The number of thiazole rings is 1. The van der Waals surface area contributed by atoms with E-state index in [2.05, 4.69) is 4.98 Å². The molecule has 0 atom stereocenters. The highest BCUT2D eigenvalue weighted by molar-refractivity contribution is 7.22. The lowest BCUT2D eigenvalue weighted by Gasteiger charge is -2.20. The Balaban J connectivity index is 1.78. The minimum Gasteiger partial charge on any atom is -0.422 e. The highest BCUT2D eigenvalue weighted by Gasteiger charge is 2.25. The second-order valence-electron chi connectivity index (χ2n) is 6.86. The van der Waals surface area contributed by atoms with Crippen LogP contribution in [0.5, 0.6) is 0 Å². The number of nitrogens with one attached hydrogen (secondary N) is 1. The van der Waals surface area contributed by atoms with Gasteiger partial charge in [-0.25, -0.2) is 9.78 Å². The summed E-state index contributed by atoms with van der Waals surface area (Å²) in [6.45, 7) is 1.17. The van der Waals surface area contributed by atoms with E-state index in [4.69, 9.17) is 4.42 Å². The second-order valence-corrected chi connectivity index (χ2v) is 7.87. The van der Waals surface area contributed by atoms with Crippen molar-refractivity contribution in [2.24, 2.45) is 0 Å². The zero-order valence-corrected chi connectivity index (χ0v) is 16.5. The minimum absolute atomic E-state index is 0.0201. The molecule has 0 saturated heterocycles. The van der Waals surface area contributed by atoms with Crippen LogP contribution in [0, 0.1) is 0 Å². The molecule has 0 saturated carbocycles. The number of aromatic nitrogens is 1. The first-order valence-electron chi connectivity index (χ1n) is 9.02. The van der Waals surface area contributed by atoms with Gasteiger partial charge < -0.3 is 9.32 Å². The number of rotatable bonds is 5. The van der Waals surface area contributed by atoms with Gasteiger partial charge in [-0.15, -0.1) is 0 Å². The lowest BCUT2D eigenvalue weighted by atomic mass is 10.1. The van der Waals surface area contributed by atoms with Crippen molar-refractivity contribution in [1.82, 2.24) is 4.98 Å². The Labute approximate surface area is 165 Å². The molecule has 4 aromatic rings. The third kappa shape index (κ3) is 3.54. The summed E-state index contributed by atoms with van der Waals surface area (Å²) in [4.78, 5) is 33.2. The fourth-order valence-corrected chi connectivity index (χ4v) is 3.94. The Bertz CT molecular complexity index is 1180. The van der Waals surface area contributed by atoms with Crippen molar-refractivity contribution < 1.29 is 14.1 Å². The Kier molecular flexibility index (Phi) is 4.93. The maximum Gasteiger partial charge on any atom is 0.349 e. The molecule has 2 aromatic carbocycles. The number of para-hydroxylation sites is 2. The number of nitrogens with zero attached hydrogens (tertiary/aromatic N) is 2. The zero-order valence-electron chi connectivity index (χ0n) is 15.6. The summed E-state index contributed by atoms with van der Waals surface area (Å²) < 4.78 is 6.36. The maximum atomic E-state index is 13.3. The van der Waals surface area contributed by atoms with Crippen molar-refractivity contribution in [3.05, 3.63) is 70.6 Å². The number of hydrogen-bond donors (Lipinski definition) is 1. The van der Waals surface area contributed by atoms with E-state index in [0.717, 1.165) is 16.8 Å². The molecule has 2 heterocycles. The third-order valence-electron chi connectivity index (χ3n) is 4.47. The smallest absolute Gasteiger partial charge is 0.349 e. The summed E-state index contributed by atoms with van der Waals surface area (Å²) >= 11 is 1.44. The van der Waals surface area contributed by atoms with Gasteiger partial charge in [0.15, 0.2) is 5.13 Å². The molecule has 4 rings (SSSR count). The highest BCUT2D eigenvalue weighted by Crippen LogP contribution is 2.29. The SMILES string of the molecule is C[NH+](C)CCN(C(=O)c1cc2ccccc2oc1=O)c1nc2ccccc2s1. The number of benzene rings is 2. The predicted molar refractivity (Wildman–Crippen MR) is 111 cm³/mol. The van der Waals surface area contributed by atoms with E-state index in [1.54, 1.807) is 23.1 Å². The lowest BCUT2D eigenvalue weighted by molar-refractivity contribution is -0.856. The average molecular weight is 394 g/mol. The second kappa shape index (κ2) is 7.53. The van der Waals surface area contributed by atoms with Gasteiger partial charge in [-0.2, -0.15) is 0 Å². The number of fused-ring (bicyclic) bond motifs is 2. The first-order chi connectivity index (χ1) is 13.5. The average Bonchev–Trinajstić information content (AvgIpc) is 3.11. The summed E-state index contributed by atoms with van der Waals surface area (Å²) in [5, 5.41) is 1.30. The van der Waals surface area contributed by atoms with Crippen LogP contribution in [0.3, 0.4) is 0 Å². The molecule has 7 heteroatoms. The molecule has 0 bridgehead atoms. The van der Waals surface area contributed by atoms with Crippen LogP contribution in [-0.2, 0) is 0 Å². The fraction of sp³-hybridized carbons (Fsp3) is 0.190. The molecule has 6 nitrogen and oxygen atoms in total. The molecule has 2 aromatic heterocycles. The van der Waals surface area contributed by atoms with E-state index in [9.17, 15) is 9.59 Å². The van der Waals surface area contributed by atoms with Gasteiger partial charge in [0.05, 0.1) is 37.4 Å². The molecular weight excluding hydrogens is 374 g/mol. The summed E-state index contributed by atoms with van der Waals surface area (Å²) in [5.74, 6) is -0.389. The van der Waals surface area contributed by atoms with Crippen molar-refractivity contribution in [2.75, 3.05) is 32.1 Å².